The first-order valence-electron chi connectivity index (χ1n) is 10.7. The lowest BCUT2D eigenvalue weighted by molar-refractivity contribution is -0.115. The van der Waals surface area contributed by atoms with Crippen LogP contribution in [0, 0.1) is 5.82 Å². The summed E-state index contributed by atoms with van der Waals surface area (Å²) in [5.41, 5.74) is 2.55. The normalized spacial score (nSPS) is 13.1. The van der Waals surface area contributed by atoms with E-state index in [1.165, 1.54) is 35.2 Å². The van der Waals surface area contributed by atoms with Crippen molar-refractivity contribution < 1.29 is 9.18 Å². The number of hydrogen-bond donors (Lipinski definition) is 1. The quantitative estimate of drug-likeness (QED) is 0.335. The summed E-state index contributed by atoms with van der Waals surface area (Å²) in [5.74, 6) is 0.202. The lowest BCUT2D eigenvalue weighted by atomic mass is 10.2. The number of anilines is 1. The molecule has 2 aromatic carbocycles. The number of halogens is 1. The Balaban J connectivity index is 1.53. The molecule has 4 aromatic rings. The highest BCUT2D eigenvalue weighted by Gasteiger charge is 2.25. The molecule has 1 N–H and O–H groups in total. The van der Waals surface area contributed by atoms with Crippen molar-refractivity contribution in [1.82, 2.24) is 24.6 Å². The maximum atomic E-state index is 13.5. The summed E-state index contributed by atoms with van der Waals surface area (Å²) in [7, 11) is 3.91. The minimum atomic E-state index is -0.463. The van der Waals surface area contributed by atoms with E-state index >= 15 is 0 Å². The van der Waals surface area contributed by atoms with Crippen molar-refractivity contribution in [1.29, 1.82) is 0 Å². The number of nitrogens with zero attached hydrogens (tertiary/aromatic N) is 5. The molecular formula is C24H25FN6OS2. The van der Waals surface area contributed by atoms with Gasteiger partial charge in [-0.3, -0.25) is 14.3 Å². The van der Waals surface area contributed by atoms with Crippen molar-refractivity contribution in [3.05, 3.63) is 71.6 Å². The predicted octanol–water partition coefficient (Wildman–Crippen LogP) is 5.27. The Hall–Kier alpha value is -3.08. The van der Waals surface area contributed by atoms with Crippen molar-refractivity contribution in [3.8, 4) is 16.9 Å². The average molecular weight is 497 g/mol. The fourth-order valence-corrected chi connectivity index (χ4v) is 4.78. The van der Waals surface area contributed by atoms with Crippen LogP contribution in [-0.2, 0) is 4.79 Å². The van der Waals surface area contributed by atoms with Crippen LogP contribution in [0.1, 0.15) is 25.7 Å². The van der Waals surface area contributed by atoms with Gasteiger partial charge in [0.2, 0.25) is 5.91 Å². The molecule has 2 atom stereocenters. The molecule has 0 fully saturated rings. The molecule has 0 aliphatic carbocycles. The third kappa shape index (κ3) is 5.35. The fraction of sp³-hybridized carbons (Fsp3) is 0.250. The van der Waals surface area contributed by atoms with Gasteiger partial charge in [-0.2, -0.15) is 0 Å². The summed E-state index contributed by atoms with van der Waals surface area (Å²) >= 11 is 2.67. The first-order chi connectivity index (χ1) is 16.3. The van der Waals surface area contributed by atoms with Gasteiger partial charge in [0.1, 0.15) is 5.82 Å². The van der Waals surface area contributed by atoms with Gasteiger partial charge in [0.25, 0.3) is 0 Å². The van der Waals surface area contributed by atoms with Crippen molar-refractivity contribution in [2.24, 2.45) is 0 Å². The second-order valence-corrected chi connectivity index (χ2v) is 10.1. The van der Waals surface area contributed by atoms with Gasteiger partial charge in [-0.25, -0.2) is 9.37 Å². The standard InChI is InChI=1S/C24H25FN6OS2/c1-15(30(3)4)21-28-29-24(31(21)19-12-10-18(25)11-13-19)34-16(2)22(32)27-23-26-20(14-33-23)17-8-6-5-7-9-17/h5-16H,1-4H3,(H,26,27,32)/t15-,16+/m1/s1. The molecule has 1 amide bonds. The zero-order valence-electron chi connectivity index (χ0n) is 19.3. The van der Waals surface area contributed by atoms with E-state index in [2.05, 4.69) is 20.5 Å². The van der Waals surface area contributed by atoms with Gasteiger partial charge < -0.3 is 5.32 Å². The third-order valence-electron chi connectivity index (χ3n) is 5.35. The van der Waals surface area contributed by atoms with Gasteiger partial charge in [-0.15, -0.1) is 21.5 Å². The Kier molecular flexibility index (Phi) is 7.40. The SMILES string of the molecule is C[C@H](Sc1nnc([C@@H](C)N(C)C)n1-c1ccc(F)cc1)C(=O)Nc1nc(-c2ccccc2)cs1. The van der Waals surface area contributed by atoms with Crippen LogP contribution in [0.15, 0.2) is 65.1 Å². The number of rotatable bonds is 8. The van der Waals surface area contributed by atoms with Gasteiger partial charge >= 0.3 is 0 Å². The summed E-state index contributed by atoms with van der Waals surface area (Å²) < 4.78 is 15.4. The first kappa shape index (κ1) is 24.1. The number of nitrogens with one attached hydrogen (secondary N) is 1. The Morgan fingerprint density at radius 2 is 1.79 bits per heavy atom. The van der Waals surface area contributed by atoms with Crippen LogP contribution in [0.5, 0.6) is 0 Å². The molecule has 10 heteroatoms. The highest BCUT2D eigenvalue weighted by Crippen LogP contribution is 2.30. The topological polar surface area (TPSA) is 75.9 Å². The number of carbonyl (C=O) groups is 1. The molecular weight excluding hydrogens is 471 g/mol. The minimum absolute atomic E-state index is 0.0391. The zero-order chi connectivity index (χ0) is 24.2. The van der Waals surface area contributed by atoms with Crippen LogP contribution in [0.25, 0.3) is 16.9 Å². The molecule has 0 bridgehead atoms. The largest absolute Gasteiger partial charge is 0.301 e. The van der Waals surface area contributed by atoms with E-state index in [-0.39, 0.29) is 17.8 Å². The molecule has 34 heavy (non-hydrogen) atoms. The highest BCUT2D eigenvalue weighted by atomic mass is 32.2. The molecule has 0 aliphatic rings. The van der Waals surface area contributed by atoms with Crippen LogP contribution in [0.3, 0.4) is 0 Å². The fourth-order valence-electron chi connectivity index (χ4n) is 3.18. The van der Waals surface area contributed by atoms with Gasteiger partial charge in [-0.1, -0.05) is 42.1 Å². The molecule has 0 aliphatic heterocycles. The highest BCUT2D eigenvalue weighted by molar-refractivity contribution is 8.00. The number of thioether (sulfide) groups is 1. The van der Waals surface area contributed by atoms with Gasteiger partial charge in [0.05, 0.1) is 17.0 Å². The number of carbonyl (C=O) groups excluding carboxylic acids is 1. The zero-order valence-corrected chi connectivity index (χ0v) is 20.9. The van der Waals surface area contributed by atoms with Crippen molar-refractivity contribution in [3.63, 3.8) is 0 Å². The lowest BCUT2D eigenvalue weighted by Gasteiger charge is -2.21. The average Bonchev–Trinajstić information content (AvgIpc) is 3.47. The molecule has 0 spiro atoms. The molecule has 0 saturated carbocycles. The first-order valence-corrected chi connectivity index (χ1v) is 12.5. The number of thiazole rings is 1. The lowest BCUT2D eigenvalue weighted by Crippen LogP contribution is -2.23. The molecule has 0 radical (unpaired) electrons. The van der Waals surface area contributed by atoms with Crippen LogP contribution >= 0.6 is 23.1 Å². The number of aromatic nitrogens is 4. The van der Waals surface area contributed by atoms with Crippen LogP contribution < -0.4 is 5.32 Å². The van der Waals surface area contributed by atoms with E-state index < -0.39 is 5.25 Å². The monoisotopic (exact) mass is 496 g/mol. The van der Waals surface area contributed by atoms with Crippen LogP contribution in [0.4, 0.5) is 9.52 Å². The van der Waals surface area contributed by atoms with Crippen LogP contribution in [0.2, 0.25) is 0 Å². The van der Waals surface area contributed by atoms with Crippen molar-refractivity contribution >= 4 is 34.1 Å². The molecule has 176 valence electrons. The minimum Gasteiger partial charge on any atom is -0.301 e. The molecule has 4 rings (SSSR count). The van der Waals surface area contributed by atoms with Crippen molar-refractivity contribution in [2.45, 2.75) is 30.3 Å². The maximum Gasteiger partial charge on any atom is 0.239 e. The summed E-state index contributed by atoms with van der Waals surface area (Å²) in [4.78, 5) is 19.5. The molecule has 7 nitrogen and oxygen atoms in total. The van der Waals surface area contributed by atoms with Crippen LogP contribution in [-0.4, -0.2) is 49.9 Å². The Bertz CT molecular complexity index is 1260. The molecule has 0 saturated heterocycles. The number of amides is 1. The predicted molar refractivity (Wildman–Crippen MR) is 135 cm³/mol. The third-order valence-corrected chi connectivity index (χ3v) is 7.15. The second-order valence-electron chi connectivity index (χ2n) is 7.95. The Morgan fingerprint density at radius 3 is 2.47 bits per heavy atom. The Labute approximate surface area is 206 Å². The number of benzene rings is 2. The molecule has 0 unspecified atom stereocenters. The van der Waals surface area contributed by atoms with Gasteiger partial charge in [-0.05, 0) is 52.2 Å². The summed E-state index contributed by atoms with van der Waals surface area (Å²) in [6.07, 6.45) is 0. The summed E-state index contributed by atoms with van der Waals surface area (Å²) in [5, 5.41) is 14.2. The molecule has 2 aromatic heterocycles. The smallest absolute Gasteiger partial charge is 0.239 e. The summed E-state index contributed by atoms with van der Waals surface area (Å²) in [6.45, 7) is 3.83. The van der Waals surface area contributed by atoms with E-state index in [0.717, 1.165) is 16.9 Å². The van der Waals surface area contributed by atoms with E-state index in [9.17, 15) is 9.18 Å². The van der Waals surface area contributed by atoms with E-state index in [1.54, 1.807) is 12.1 Å². The van der Waals surface area contributed by atoms with Gasteiger partial charge in [0, 0.05) is 16.6 Å². The summed E-state index contributed by atoms with van der Waals surface area (Å²) in [6, 6.07) is 15.9. The number of hydrogen-bond acceptors (Lipinski definition) is 7. The van der Waals surface area contributed by atoms with Gasteiger partial charge in [0.15, 0.2) is 16.1 Å². The van der Waals surface area contributed by atoms with E-state index in [0.29, 0.717) is 16.1 Å². The maximum absolute atomic E-state index is 13.5. The van der Waals surface area contributed by atoms with E-state index in [4.69, 9.17) is 0 Å². The van der Waals surface area contributed by atoms with Crippen molar-refractivity contribution in [2.75, 3.05) is 19.4 Å². The second kappa shape index (κ2) is 10.5. The van der Waals surface area contributed by atoms with E-state index in [1.807, 2.05) is 73.1 Å². The Morgan fingerprint density at radius 1 is 1.09 bits per heavy atom. The molecule has 2 heterocycles.